The molecule has 0 aromatic heterocycles. The Kier molecular flexibility index (Phi) is 20.8. The van der Waals surface area contributed by atoms with Crippen molar-refractivity contribution >= 4 is 174 Å². The Hall–Kier alpha value is -8.96. The van der Waals surface area contributed by atoms with Gasteiger partial charge in [-0.3, -0.25) is 33.0 Å². The van der Waals surface area contributed by atoms with Crippen LogP contribution in [0.2, 0.25) is 0 Å². The smallest absolute Gasteiger partial charge is 0.397 e. The van der Waals surface area contributed by atoms with E-state index in [1.165, 1.54) is 36.4 Å². The maximum Gasteiger partial charge on any atom is 0.397 e. The van der Waals surface area contributed by atoms with Gasteiger partial charge in [0.1, 0.15) is 43.1 Å². The number of sulfonamides is 1. The van der Waals surface area contributed by atoms with Gasteiger partial charge in [0.05, 0.1) is 100 Å². The summed E-state index contributed by atoms with van der Waals surface area (Å²) in [7, 11) is -30.1. The summed E-state index contributed by atoms with van der Waals surface area (Å²) in [6.07, 6.45) is 0. The van der Waals surface area contributed by atoms with Crippen LogP contribution in [0.3, 0.4) is 0 Å². The number of hydrogen-bond donors (Lipinski definition) is 11. The lowest BCUT2D eigenvalue weighted by Crippen LogP contribution is -2.16. The fraction of sp³-hybridized carbons (Fsp3) is 0.0435. The second-order valence-electron chi connectivity index (χ2n) is 17.9. The van der Waals surface area contributed by atoms with E-state index in [-0.39, 0.29) is 66.7 Å². The largest absolute Gasteiger partial charge is 0.505 e. The van der Waals surface area contributed by atoms with Crippen LogP contribution in [0, 0.1) is 10.1 Å². The third kappa shape index (κ3) is 16.6. The van der Waals surface area contributed by atoms with E-state index in [1.807, 2.05) is 0 Å². The lowest BCUT2D eigenvalue weighted by Gasteiger charge is -2.14. The highest BCUT2D eigenvalue weighted by Gasteiger charge is 2.29. The first-order chi connectivity index (χ1) is 43.5. The molecular formula is C46H36N12O27S8. The molecule has 39 nitrogen and oxygen atoms in total. The Balaban J connectivity index is 1.05. The molecule has 0 bridgehead atoms. The molecule has 0 aliphatic carbocycles. The predicted molar refractivity (Wildman–Crippen MR) is 320 cm³/mol. The number of anilines is 3. The summed E-state index contributed by atoms with van der Waals surface area (Å²) in [6.45, 7) is -1.12. The van der Waals surface area contributed by atoms with Crippen molar-refractivity contribution in [2.24, 2.45) is 40.9 Å². The zero-order valence-corrected chi connectivity index (χ0v) is 51.7. The fourth-order valence-electron chi connectivity index (χ4n) is 7.96. The first-order valence-corrected chi connectivity index (χ1v) is 34.4. The van der Waals surface area contributed by atoms with Gasteiger partial charge in [-0.25, -0.2) is 31.5 Å². The molecule has 0 atom stereocenters. The molecule has 0 aliphatic rings. The number of sulfone groups is 1. The van der Waals surface area contributed by atoms with Gasteiger partial charge in [0.2, 0.25) is 0 Å². The number of nitro benzene ring substituents is 1. The molecule has 47 heteroatoms. The fourth-order valence-corrected chi connectivity index (χ4v) is 13.6. The van der Waals surface area contributed by atoms with Crippen LogP contribution in [0.15, 0.2) is 190 Å². The molecule has 0 radical (unpaired) electrons. The van der Waals surface area contributed by atoms with Crippen molar-refractivity contribution in [1.29, 1.82) is 0 Å². The molecule has 0 saturated carbocycles. The minimum atomic E-state index is -5.38. The topological polar surface area (TPSA) is 619 Å². The summed E-state index contributed by atoms with van der Waals surface area (Å²) in [5.41, 5.74) is 7.84. The third-order valence-corrected chi connectivity index (χ3v) is 19.5. The minimum absolute atomic E-state index is 0.0779. The average Bonchev–Trinajstić information content (AvgIpc) is 0.756. The number of nitrogens with zero attached hydrogens (tertiary/aromatic N) is 9. The number of nitrogen functional groups attached to an aromatic ring is 2. The molecule has 0 heterocycles. The predicted octanol–water partition coefficient (Wildman–Crippen LogP) is 10.1. The maximum atomic E-state index is 13.6. The van der Waals surface area contributed by atoms with Gasteiger partial charge in [-0.05, 0) is 109 Å². The third-order valence-electron chi connectivity index (χ3n) is 12.0. The van der Waals surface area contributed by atoms with Crippen LogP contribution in [0.25, 0.3) is 21.5 Å². The lowest BCUT2D eigenvalue weighted by atomic mass is 10.0. The van der Waals surface area contributed by atoms with E-state index < -0.39 is 159 Å². The Labute approximate surface area is 529 Å². The van der Waals surface area contributed by atoms with E-state index >= 15 is 0 Å². The second-order valence-corrected chi connectivity index (χ2v) is 28.4. The SMILES string of the molecule is Nc1c(/N=N/c2ccc([N+](=O)[O-])cc2)c(SOOO)cc2cc(S(=O)(=O)O)c(/N=N/c3ccc(S(=O)(=O)Nc4ccc(/N=N/c5c(SOOO)cc6c(S(=O)(=O)O)cc(/N=N/c7ccc(S(=O)(=O)CCOS(=O)(=O)O)cc7S(=O)(=O)O)c(N)c6c5O)cc4)cc3)c(O)c12. The van der Waals surface area contributed by atoms with Crippen LogP contribution < -0.4 is 16.2 Å². The molecule has 13 N–H and O–H groups in total. The highest BCUT2D eigenvalue weighted by atomic mass is 32.3. The molecule has 0 unspecified atom stereocenters. The normalized spacial score (nSPS) is 13.0. The molecule has 8 aromatic carbocycles. The molecule has 93 heavy (non-hydrogen) atoms. The zero-order valence-electron chi connectivity index (χ0n) is 45.2. The summed E-state index contributed by atoms with van der Waals surface area (Å²) in [6, 6.07) is 19.2. The Morgan fingerprint density at radius 1 is 0.516 bits per heavy atom. The molecule has 0 amide bonds. The molecule has 0 spiro atoms. The average molecular weight is 1450 g/mol. The highest BCUT2D eigenvalue weighted by molar-refractivity contribution is 7.95. The van der Waals surface area contributed by atoms with Gasteiger partial charge in [-0.2, -0.15) is 49.0 Å². The number of nitrogens with two attached hydrogens (primary N) is 2. The number of fused-ring (bicyclic) bond motifs is 2. The molecular weight excluding hydrogens is 1410 g/mol. The summed E-state index contributed by atoms with van der Waals surface area (Å²) >= 11 is 0.397. The number of nitrogens with one attached hydrogen (secondary N) is 1. The first kappa shape index (κ1) is 69.9. The summed E-state index contributed by atoms with van der Waals surface area (Å²) < 4.78 is 205. The van der Waals surface area contributed by atoms with Crippen LogP contribution in [0.4, 0.5) is 68.2 Å². The van der Waals surface area contributed by atoms with Crippen molar-refractivity contribution in [3.05, 3.63) is 125 Å². The van der Waals surface area contributed by atoms with E-state index in [2.05, 4.69) is 68.6 Å². The number of rotatable bonds is 26. The second kappa shape index (κ2) is 27.7. The van der Waals surface area contributed by atoms with E-state index in [0.717, 1.165) is 60.7 Å². The van der Waals surface area contributed by atoms with E-state index in [1.54, 1.807) is 0 Å². The number of nitro groups is 1. The number of phenolic OH excluding ortho intramolecular Hbond substituents is 2. The van der Waals surface area contributed by atoms with Crippen molar-refractivity contribution in [3.8, 4) is 11.5 Å². The number of hydrogen-bond acceptors (Lipinski definition) is 35. The maximum absolute atomic E-state index is 13.6. The van der Waals surface area contributed by atoms with Crippen LogP contribution >= 0.6 is 24.1 Å². The minimum Gasteiger partial charge on any atom is -0.505 e. The Morgan fingerprint density at radius 3 is 1.55 bits per heavy atom. The quantitative estimate of drug-likeness (QED) is 0.00456. The molecule has 0 fully saturated rings. The molecule has 490 valence electrons. The summed E-state index contributed by atoms with van der Waals surface area (Å²) in [5.74, 6) is -3.15. The van der Waals surface area contributed by atoms with E-state index in [4.69, 9.17) is 26.5 Å². The summed E-state index contributed by atoms with van der Waals surface area (Å²) in [5, 5.41) is 88.6. The number of phenols is 2. The molecule has 0 saturated heterocycles. The van der Waals surface area contributed by atoms with Gasteiger partial charge in [0, 0.05) is 23.2 Å². The van der Waals surface area contributed by atoms with Gasteiger partial charge >= 0.3 is 10.4 Å². The van der Waals surface area contributed by atoms with Crippen molar-refractivity contribution in [2.75, 3.05) is 28.5 Å². The summed E-state index contributed by atoms with van der Waals surface area (Å²) in [4.78, 5) is 5.44. The van der Waals surface area contributed by atoms with Crippen molar-refractivity contribution < 1.29 is 117 Å². The molecule has 8 aromatic rings. The highest BCUT2D eigenvalue weighted by Crippen LogP contribution is 2.52. The number of non-ortho nitro benzene ring substituents is 1. The van der Waals surface area contributed by atoms with Crippen LogP contribution in [0.5, 0.6) is 11.5 Å². The van der Waals surface area contributed by atoms with Crippen molar-refractivity contribution in [3.63, 3.8) is 0 Å². The van der Waals surface area contributed by atoms with Crippen LogP contribution in [0.1, 0.15) is 0 Å². The van der Waals surface area contributed by atoms with Gasteiger partial charge in [-0.15, -0.1) is 34.2 Å². The Morgan fingerprint density at radius 2 is 1.01 bits per heavy atom. The lowest BCUT2D eigenvalue weighted by molar-refractivity contribution is -0.432. The molecule has 0 aliphatic heterocycles. The van der Waals surface area contributed by atoms with Gasteiger partial charge in [0.25, 0.3) is 46.1 Å². The number of aromatic hydroxyl groups is 2. The zero-order chi connectivity index (χ0) is 68.2. The monoisotopic (exact) mass is 1440 g/mol. The van der Waals surface area contributed by atoms with Crippen molar-refractivity contribution in [2.45, 2.75) is 34.3 Å². The van der Waals surface area contributed by atoms with E-state index in [0.29, 0.717) is 30.2 Å². The first-order valence-electron chi connectivity index (χ1n) is 24.1. The Bertz CT molecular complexity index is 5170. The van der Waals surface area contributed by atoms with Crippen LogP contribution in [-0.2, 0) is 83.5 Å². The van der Waals surface area contributed by atoms with Crippen LogP contribution in [-0.4, -0.2) is 107 Å². The van der Waals surface area contributed by atoms with E-state index in [9.17, 15) is 84.5 Å². The number of azo groups is 4. The van der Waals surface area contributed by atoms with Gasteiger partial charge in [-0.1, -0.05) is 10.1 Å². The van der Waals surface area contributed by atoms with Gasteiger partial charge < -0.3 is 21.7 Å². The van der Waals surface area contributed by atoms with Crippen molar-refractivity contribution in [1.82, 2.24) is 0 Å². The molecule has 8 rings (SSSR count). The van der Waals surface area contributed by atoms with Gasteiger partial charge in [0.15, 0.2) is 21.3 Å². The number of benzene rings is 8. The standard InChI is InChI=1S/C46H36N12O27S8/c47-40-32(53-52-31-14-13-29(19-36(31)91(72,73)74)88(65,66)16-15-81-93(78,79)80)21-35(90(69,70)71)30-20-34(87-85-83-64)43(46(60)39(30)40)55-50-23-1-3-26(4-2-23)57-89(67,68)28-11-7-25(8-12-28)51-56-44-37(92(75,76)77)18-22-17-33(86-84-82-63)42(41(48)38(22)45(44)59)54-49-24-5-9-27(10-6-24)58(61)62/h1-14,17-21,57,59-60,63-64H,15-16,47-48H2,(H,69,70,71)(H,72,73,74)(H,75,76,77)(H,78,79,80)/b53-52+,54-49+,55-50+,56-51+.